The second kappa shape index (κ2) is 7.79. The number of benzene rings is 2. The highest BCUT2D eigenvalue weighted by molar-refractivity contribution is 5.93. The minimum Gasteiger partial charge on any atom is -0.456 e. The van der Waals surface area contributed by atoms with E-state index in [1.54, 1.807) is 58.0 Å². The first-order valence-electron chi connectivity index (χ1n) is 9.09. The number of ether oxygens (including phenoxy) is 2. The number of rotatable bonds is 5. The fourth-order valence-electron chi connectivity index (χ4n) is 2.88. The van der Waals surface area contributed by atoms with Crippen LogP contribution in [0.4, 0.5) is 5.69 Å². The van der Waals surface area contributed by atoms with Crippen LogP contribution in [0.5, 0.6) is 11.5 Å². The lowest BCUT2D eigenvalue weighted by Crippen LogP contribution is -2.24. The molecule has 1 heterocycles. The first-order chi connectivity index (χ1) is 13.7. The van der Waals surface area contributed by atoms with E-state index in [2.05, 4.69) is 4.98 Å². The number of para-hydroxylation sites is 1. The Hall–Kier alpha value is -3.61. The molecule has 0 bridgehead atoms. The average Bonchev–Trinajstić information content (AvgIpc) is 3.02. The molecule has 0 amide bonds. The van der Waals surface area contributed by atoms with Crippen molar-refractivity contribution in [1.29, 1.82) is 0 Å². The third-order valence-electron chi connectivity index (χ3n) is 4.07. The molecule has 29 heavy (non-hydrogen) atoms. The van der Waals surface area contributed by atoms with E-state index in [0.29, 0.717) is 28.5 Å². The van der Waals surface area contributed by atoms with Crippen molar-refractivity contribution in [3.63, 3.8) is 0 Å². The van der Waals surface area contributed by atoms with Crippen LogP contribution in [0.3, 0.4) is 0 Å². The summed E-state index contributed by atoms with van der Waals surface area (Å²) in [5.41, 5.74) is 0.759. The quantitative estimate of drug-likeness (QED) is 0.343. The number of nitro benzene ring substituents is 1. The normalized spacial score (nSPS) is 11.2. The fourth-order valence-corrected chi connectivity index (χ4v) is 2.88. The highest BCUT2D eigenvalue weighted by Crippen LogP contribution is 2.40. The number of nitrogens with one attached hydrogen (secondary N) is 1. The Morgan fingerprint density at radius 1 is 1.07 bits per heavy atom. The van der Waals surface area contributed by atoms with Crippen LogP contribution in [-0.2, 0) is 4.74 Å². The van der Waals surface area contributed by atoms with Gasteiger partial charge in [-0.05, 0) is 52.0 Å². The zero-order valence-corrected chi connectivity index (χ0v) is 16.7. The number of H-pyrrole nitrogens is 1. The molecule has 0 saturated heterocycles. The summed E-state index contributed by atoms with van der Waals surface area (Å²) in [6.45, 7) is 7.06. The predicted octanol–water partition coefficient (Wildman–Crippen LogP) is 5.65. The topological polar surface area (TPSA) is 94.5 Å². The zero-order valence-electron chi connectivity index (χ0n) is 16.7. The van der Waals surface area contributed by atoms with Crippen LogP contribution in [0.25, 0.3) is 11.3 Å². The number of aromatic amines is 1. The van der Waals surface area contributed by atoms with Gasteiger partial charge in [0.25, 0.3) is 5.69 Å². The second-order valence-electron chi connectivity index (χ2n) is 7.55. The maximum atomic E-state index is 12.5. The van der Waals surface area contributed by atoms with Gasteiger partial charge in [0.05, 0.1) is 16.2 Å². The number of aryl methyl sites for hydroxylation is 1. The number of aromatic nitrogens is 1. The number of nitrogens with zero attached hydrogens (tertiary/aromatic N) is 1. The van der Waals surface area contributed by atoms with E-state index in [1.165, 1.54) is 6.07 Å². The molecule has 0 radical (unpaired) electrons. The van der Waals surface area contributed by atoms with Crippen molar-refractivity contribution in [3.05, 3.63) is 76.0 Å². The minimum absolute atomic E-state index is 0.129. The Balaban J connectivity index is 2.09. The van der Waals surface area contributed by atoms with Crippen molar-refractivity contribution in [1.82, 2.24) is 4.98 Å². The van der Waals surface area contributed by atoms with Crippen LogP contribution in [0.15, 0.2) is 54.6 Å². The molecular weight excluding hydrogens is 372 g/mol. The molecule has 0 spiro atoms. The molecule has 150 valence electrons. The Morgan fingerprint density at radius 3 is 2.38 bits per heavy atom. The molecule has 7 nitrogen and oxygen atoms in total. The first-order valence-corrected chi connectivity index (χ1v) is 9.09. The van der Waals surface area contributed by atoms with Gasteiger partial charge in [0.1, 0.15) is 22.7 Å². The molecule has 1 aromatic heterocycles. The van der Waals surface area contributed by atoms with Crippen molar-refractivity contribution in [2.75, 3.05) is 0 Å². The van der Waals surface area contributed by atoms with Gasteiger partial charge in [-0.3, -0.25) is 10.1 Å². The van der Waals surface area contributed by atoms with Gasteiger partial charge in [-0.25, -0.2) is 4.79 Å². The predicted molar refractivity (Wildman–Crippen MR) is 109 cm³/mol. The van der Waals surface area contributed by atoms with Gasteiger partial charge in [-0.15, -0.1) is 0 Å². The summed E-state index contributed by atoms with van der Waals surface area (Å²) >= 11 is 0. The highest BCUT2D eigenvalue weighted by Gasteiger charge is 2.26. The van der Waals surface area contributed by atoms with Crippen molar-refractivity contribution < 1.29 is 19.2 Å². The van der Waals surface area contributed by atoms with Crippen LogP contribution in [0.2, 0.25) is 0 Å². The third-order valence-corrected chi connectivity index (χ3v) is 4.07. The van der Waals surface area contributed by atoms with Gasteiger partial charge in [0, 0.05) is 11.8 Å². The Kier molecular flexibility index (Phi) is 5.41. The molecule has 7 heteroatoms. The van der Waals surface area contributed by atoms with E-state index in [9.17, 15) is 14.9 Å². The van der Waals surface area contributed by atoms with Crippen LogP contribution in [-0.4, -0.2) is 21.5 Å². The minimum atomic E-state index is -0.652. The summed E-state index contributed by atoms with van der Waals surface area (Å²) in [6, 6.07) is 15.2. The van der Waals surface area contributed by atoms with Crippen LogP contribution < -0.4 is 4.74 Å². The maximum absolute atomic E-state index is 12.5. The number of nitro groups is 1. The van der Waals surface area contributed by atoms with E-state index >= 15 is 0 Å². The lowest BCUT2D eigenvalue weighted by molar-refractivity contribution is -0.384. The van der Waals surface area contributed by atoms with Gasteiger partial charge in [0.2, 0.25) is 0 Å². The molecule has 0 aliphatic heterocycles. The van der Waals surface area contributed by atoms with E-state index < -0.39 is 16.5 Å². The van der Waals surface area contributed by atoms with Crippen molar-refractivity contribution in [2.45, 2.75) is 33.3 Å². The molecule has 3 aromatic rings. The Morgan fingerprint density at radius 2 is 1.76 bits per heavy atom. The summed E-state index contributed by atoms with van der Waals surface area (Å²) < 4.78 is 11.3. The maximum Gasteiger partial charge on any atom is 0.340 e. The fraction of sp³-hybridized carbons (Fsp3) is 0.227. The van der Waals surface area contributed by atoms with Crippen molar-refractivity contribution in [3.8, 4) is 22.8 Å². The van der Waals surface area contributed by atoms with Gasteiger partial charge in [-0.1, -0.05) is 24.3 Å². The third kappa shape index (κ3) is 4.63. The molecule has 0 aliphatic rings. The molecular formula is C22H22N2O5. The Labute approximate surface area is 168 Å². The molecule has 0 aliphatic carbocycles. The monoisotopic (exact) mass is 394 g/mol. The smallest absolute Gasteiger partial charge is 0.340 e. The molecule has 0 fully saturated rings. The molecule has 0 saturated carbocycles. The molecule has 1 N–H and O–H groups in total. The largest absolute Gasteiger partial charge is 0.456 e. The van der Waals surface area contributed by atoms with Crippen molar-refractivity contribution >= 4 is 11.7 Å². The average molecular weight is 394 g/mol. The van der Waals surface area contributed by atoms with Crippen molar-refractivity contribution in [2.24, 2.45) is 0 Å². The molecule has 2 aromatic carbocycles. The lowest BCUT2D eigenvalue weighted by Gasteiger charge is -2.19. The van der Waals surface area contributed by atoms with E-state index in [-0.39, 0.29) is 11.3 Å². The molecule has 3 rings (SSSR count). The number of carbonyl (C=O) groups is 1. The standard InChI is InChI=1S/C22H22N2O5/c1-14-16(21(25)29-22(2,3)4)13-17(23-14)20-18(24(26)27)11-8-12-19(20)28-15-9-6-5-7-10-15/h5-13,23H,1-4H3. The highest BCUT2D eigenvalue weighted by atomic mass is 16.6. The van der Waals surface area contributed by atoms with Gasteiger partial charge in [0.15, 0.2) is 0 Å². The molecule has 0 unspecified atom stereocenters. The summed E-state index contributed by atoms with van der Waals surface area (Å²) in [4.78, 5) is 26.8. The van der Waals surface area contributed by atoms with Gasteiger partial charge in [-0.2, -0.15) is 0 Å². The Bertz CT molecular complexity index is 1050. The van der Waals surface area contributed by atoms with Crippen LogP contribution >= 0.6 is 0 Å². The first kappa shape index (κ1) is 20.1. The van der Waals surface area contributed by atoms with Gasteiger partial charge >= 0.3 is 5.97 Å². The summed E-state index contributed by atoms with van der Waals surface area (Å²) in [5.74, 6) is 0.355. The zero-order chi connectivity index (χ0) is 21.2. The van der Waals surface area contributed by atoms with E-state index in [0.717, 1.165) is 0 Å². The summed E-state index contributed by atoms with van der Waals surface area (Å²) in [7, 11) is 0. The lowest BCUT2D eigenvalue weighted by atomic mass is 10.1. The number of hydrogen-bond acceptors (Lipinski definition) is 5. The van der Waals surface area contributed by atoms with E-state index in [4.69, 9.17) is 9.47 Å². The summed E-state index contributed by atoms with van der Waals surface area (Å²) in [6.07, 6.45) is 0. The number of carbonyl (C=O) groups excluding carboxylic acids is 1. The van der Waals surface area contributed by atoms with E-state index in [1.807, 2.05) is 18.2 Å². The molecule has 0 atom stereocenters. The number of hydrogen-bond donors (Lipinski definition) is 1. The van der Waals surface area contributed by atoms with Crippen LogP contribution in [0.1, 0.15) is 36.8 Å². The number of esters is 1. The summed E-state index contributed by atoms with van der Waals surface area (Å²) in [5, 5.41) is 11.7. The van der Waals surface area contributed by atoms with Gasteiger partial charge < -0.3 is 14.5 Å². The SMILES string of the molecule is Cc1[nH]c(-c2c(Oc3ccccc3)cccc2[N+](=O)[O-])cc1C(=O)OC(C)(C)C. The van der Waals surface area contributed by atoms with Crippen LogP contribution in [0, 0.1) is 17.0 Å². The second-order valence-corrected chi connectivity index (χ2v) is 7.55.